The van der Waals surface area contributed by atoms with Crippen LogP contribution in [0.5, 0.6) is 0 Å². The smallest absolute Gasteiger partial charge is 0.295 e. The zero-order chi connectivity index (χ0) is 16.8. The summed E-state index contributed by atoms with van der Waals surface area (Å²) in [5.74, 6) is 0. The maximum atomic E-state index is 12.5. The van der Waals surface area contributed by atoms with E-state index in [4.69, 9.17) is 0 Å². The Balaban J connectivity index is 2.07. The minimum absolute atomic E-state index is 0.154. The van der Waals surface area contributed by atoms with E-state index in [0.717, 1.165) is 5.52 Å². The van der Waals surface area contributed by atoms with E-state index in [1.54, 1.807) is 63.5 Å². The number of aryl methyl sites for hydroxylation is 3. The fourth-order valence-electron chi connectivity index (χ4n) is 2.64. The third-order valence-corrected chi connectivity index (χ3v) is 5.45. The van der Waals surface area contributed by atoms with Gasteiger partial charge < -0.3 is 0 Å². The predicted molar refractivity (Wildman–Crippen MR) is 90.1 cm³/mol. The van der Waals surface area contributed by atoms with Crippen LogP contribution in [0.3, 0.4) is 0 Å². The molecule has 0 aliphatic carbocycles. The number of imidazole rings is 1. The van der Waals surface area contributed by atoms with Gasteiger partial charge in [-0.25, -0.2) is 13.2 Å². The maximum Gasteiger partial charge on any atom is 0.328 e. The molecule has 23 heavy (non-hydrogen) atoms. The first-order valence-corrected chi connectivity index (χ1v) is 8.53. The lowest BCUT2D eigenvalue weighted by Gasteiger charge is -2.10. The Kier molecular flexibility index (Phi) is 3.52. The SMILES string of the molecule is Cc1ccccc1S(=O)(=O)Nc1ccc2c(c1)n(C)c(=O)n2C. The molecule has 0 spiro atoms. The molecular formula is C16H17N3O3S. The van der Waals surface area contributed by atoms with E-state index >= 15 is 0 Å². The summed E-state index contributed by atoms with van der Waals surface area (Å²) >= 11 is 0. The molecule has 120 valence electrons. The second-order valence-corrected chi connectivity index (χ2v) is 7.13. The molecule has 3 aromatic rings. The number of hydrogen-bond acceptors (Lipinski definition) is 3. The fourth-order valence-corrected chi connectivity index (χ4v) is 3.94. The molecule has 0 aliphatic rings. The number of rotatable bonds is 3. The van der Waals surface area contributed by atoms with Crippen LogP contribution in [0.1, 0.15) is 5.56 Å². The molecule has 0 fully saturated rings. The van der Waals surface area contributed by atoms with Crippen molar-refractivity contribution in [3.63, 3.8) is 0 Å². The molecule has 3 rings (SSSR count). The van der Waals surface area contributed by atoms with Crippen LogP contribution in [0.2, 0.25) is 0 Å². The van der Waals surface area contributed by atoms with Crippen molar-refractivity contribution < 1.29 is 8.42 Å². The van der Waals surface area contributed by atoms with Gasteiger partial charge in [0, 0.05) is 14.1 Å². The maximum absolute atomic E-state index is 12.5. The van der Waals surface area contributed by atoms with Crippen molar-refractivity contribution in [3.8, 4) is 0 Å². The minimum Gasteiger partial charge on any atom is -0.295 e. The van der Waals surface area contributed by atoms with Gasteiger partial charge in [0.25, 0.3) is 10.0 Å². The van der Waals surface area contributed by atoms with Gasteiger partial charge >= 0.3 is 5.69 Å². The van der Waals surface area contributed by atoms with Crippen molar-refractivity contribution in [3.05, 3.63) is 58.5 Å². The molecule has 0 atom stereocenters. The molecule has 6 nitrogen and oxygen atoms in total. The Labute approximate surface area is 134 Å². The van der Waals surface area contributed by atoms with Crippen LogP contribution in [-0.4, -0.2) is 17.6 Å². The average Bonchev–Trinajstić information content (AvgIpc) is 2.72. The number of anilines is 1. The number of hydrogen-bond donors (Lipinski definition) is 1. The summed E-state index contributed by atoms with van der Waals surface area (Å²) in [5.41, 5.74) is 2.35. The summed E-state index contributed by atoms with van der Waals surface area (Å²) in [6.45, 7) is 1.75. The number of aromatic nitrogens is 2. The molecule has 0 unspecified atom stereocenters. The van der Waals surface area contributed by atoms with Gasteiger partial charge in [-0.15, -0.1) is 0 Å². The summed E-state index contributed by atoms with van der Waals surface area (Å²) in [7, 11) is -0.334. The van der Waals surface area contributed by atoms with E-state index in [0.29, 0.717) is 16.8 Å². The highest BCUT2D eigenvalue weighted by Gasteiger charge is 2.17. The Hall–Kier alpha value is -2.54. The van der Waals surface area contributed by atoms with E-state index < -0.39 is 10.0 Å². The lowest BCUT2D eigenvalue weighted by molar-refractivity contribution is 0.600. The minimum atomic E-state index is -3.67. The van der Waals surface area contributed by atoms with Gasteiger partial charge in [-0.1, -0.05) is 18.2 Å². The van der Waals surface area contributed by atoms with E-state index in [9.17, 15) is 13.2 Å². The lowest BCUT2D eigenvalue weighted by Crippen LogP contribution is -2.19. The first-order valence-electron chi connectivity index (χ1n) is 7.05. The third kappa shape index (κ3) is 2.53. The summed E-state index contributed by atoms with van der Waals surface area (Å²) in [5, 5.41) is 0. The lowest BCUT2D eigenvalue weighted by atomic mass is 10.2. The molecule has 0 saturated carbocycles. The second kappa shape index (κ2) is 5.27. The number of sulfonamides is 1. The van der Waals surface area contributed by atoms with Crippen LogP contribution in [-0.2, 0) is 24.1 Å². The van der Waals surface area contributed by atoms with Gasteiger partial charge in [-0.3, -0.25) is 13.9 Å². The van der Waals surface area contributed by atoms with Gasteiger partial charge in [-0.05, 0) is 36.8 Å². The van der Waals surface area contributed by atoms with Gasteiger partial charge in [0.15, 0.2) is 0 Å². The topological polar surface area (TPSA) is 73.1 Å². The molecule has 0 bridgehead atoms. The van der Waals surface area contributed by atoms with Crippen LogP contribution in [0.4, 0.5) is 5.69 Å². The molecule has 1 heterocycles. The molecule has 1 N–H and O–H groups in total. The zero-order valence-corrected chi connectivity index (χ0v) is 13.9. The number of nitrogens with one attached hydrogen (secondary N) is 1. The van der Waals surface area contributed by atoms with Crippen molar-refractivity contribution in [1.82, 2.24) is 9.13 Å². The fraction of sp³-hybridized carbons (Fsp3) is 0.188. The predicted octanol–water partition coefficient (Wildman–Crippen LogP) is 1.99. The van der Waals surface area contributed by atoms with Crippen molar-refractivity contribution in [2.24, 2.45) is 14.1 Å². The Morgan fingerprint density at radius 3 is 2.30 bits per heavy atom. The zero-order valence-electron chi connectivity index (χ0n) is 13.1. The third-order valence-electron chi connectivity index (χ3n) is 3.91. The summed E-state index contributed by atoms with van der Waals surface area (Å²) < 4.78 is 30.6. The van der Waals surface area contributed by atoms with E-state index in [-0.39, 0.29) is 10.6 Å². The van der Waals surface area contributed by atoms with Crippen LogP contribution in [0.15, 0.2) is 52.2 Å². The monoisotopic (exact) mass is 331 g/mol. The molecule has 0 radical (unpaired) electrons. The highest BCUT2D eigenvalue weighted by molar-refractivity contribution is 7.92. The van der Waals surface area contributed by atoms with E-state index in [1.165, 1.54) is 9.13 Å². The number of nitrogens with zero attached hydrogens (tertiary/aromatic N) is 2. The molecule has 1 aromatic heterocycles. The Bertz CT molecular complexity index is 1060. The van der Waals surface area contributed by atoms with Gasteiger partial charge in [-0.2, -0.15) is 0 Å². The second-order valence-electron chi connectivity index (χ2n) is 5.48. The van der Waals surface area contributed by atoms with Crippen molar-refractivity contribution in [2.45, 2.75) is 11.8 Å². The Morgan fingerprint density at radius 1 is 0.957 bits per heavy atom. The highest BCUT2D eigenvalue weighted by Crippen LogP contribution is 2.22. The van der Waals surface area contributed by atoms with Gasteiger partial charge in [0.05, 0.1) is 21.6 Å². The first-order chi connectivity index (χ1) is 10.8. The normalized spacial score (nSPS) is 11.8. The van der Waals surface area contributed by atoms with Gasteiger partial charge in [0.2, 0.25) is 0 Å². The van der Waals surface area contributed by atoms with Gasteiger partial charge in [0.1, 0.15) is 0 Å². The van der Waals surface area contributed by atoms with Crippen LogP contribution in [0.25, 0.3) is 11.0 Å². The molecule has 0 amide bonds. The quantitative estimate of drug-likeness (QED) is 0.797. The van der Waals surface area contributed by atoms with Crippen molar-refractivity contribution in [1.29, 1.82) is 0 Å². The van der Waals surface area contributed by atoms with Crippen molar-refractivity contribution in [2.75, 3.05) is 4.72 Å². The average molecular weight is 331 g/mol. The standard InChI is InChI=1S/C16H17N3O3S/c1-11-6-4-5-7-15(11)23(21,22)17-12-8-9-13-14(10-12)19(3)16(20)18(13)2/h4-10,17H,1-3H3. The number of fused-ring (bicyclic) bond motifs is 1. The van der Waals surface area contributed by atoms with Crippen LogP contribution < -0.4 is 10.4 Å². The van der Waals surface area contributed by atoms with E-state index in [2.05, 4.69) is 4.72 Å². The highest BCUT2D eigenvalue weighted by atomic mass is 32.2. The van der Waals surface area contributed by atoms with E-state index in [1.807, 2.05) is 0 Å². The van der Waals surface area contributed by atoms with Crippen LogP contribution in [0, 0.1) is 6.92 Å². The summed E-state index contributed by atoms with van der Waals surface area (Å²) in [6, 6.07) is 11.8. The van der Waals surface area contributed by atoms with Crippen molar-refractivity contribution >= 4 is 26.7 Å². The molecule has 2 aromatic carbocycles. The summed E-state index contributed by atoms with van der Waals surface area (Å²) in [4.78, 5) is 12.2. The molecule has 0 aliphatic heterocycles. The Morgan fingerprint density at radius 2 is 1.61 bits per heavy atom. The largest absolute Gasteiger partial charge is 0.328 e. The van der Waals surface area contributed by atoms with Crippen LogP contribution >= 0.6 is 0 Å². The molecule has 7 heteroatoms. The summed E-state index contributed by atoms with van der Waals surface area (Å²) in [6.07, 6.45) is 0. The first kappa shape index (κ1) is 15.4. The molecular weight excluding hydrogens is 314 g/mol. The number of benzene rings is 2. The molecule has 0 saturated heterocycles.